The fourth-order valence-electron chi connectivity index (χ4n) is 1.13. The predicted molar refractivity (Wildman–Crippen MR) is 59.6 cm³/mol. The molecule has 0 heterocycles. The summed E-state index contributed by atoms with van der Waals surface area (Å²) in [5.41, 5.74) is 5.31. The summed E-state index contributed by atoms with van der Waals surface area (Å²) in [5.74, 6) is -3.91. The van der Waals surface area contributed by atoms with Gasteiger partial charge in [0.2, 0.25) is 0 Å². The summed E-state index contributed by atoms with van der Waals surface area (Å²) >= 11 is 0. The lowest BCUT2D eigenvalue weighted by atomic mass is 10.2. The van der Waals surface area contributed by atoms with Gasteiger partial charge in [0.15, 0.2) is 17.7 Å². The Balaban J connectivity index is 2.69. The zero-order valence-electron chi connectivity index (χ0n) is 9.57. The van der Waals surface area contributed by atoms with Gasteiger partial charge in [-0.15, -0.1) is 0 Å². The summed E-state index contributed by atoms with van der Waals surface area (Å²) < 4.78 is 30.0. The standard InChI is InChI=1S/C11H12F2N2O3/c1-2-18-11(17)9(14)10(16)15-6-3-4-7(12)8(13)5-6/h3-5,9H,2,14H2,1H3,(H,15,16). The highest BCUT2D eigenvalue weighted by Crippen LogP contribution is 2.13. The van der Waals surface area contributed by atoms with E-state index in [1.807, 2.05) is 0 Å². The van der Waals surface area contributed by atoms with Crippen molar-refractivity contribution in [3.05, 3.63) is 29.8 Å². The molecule has 0 saturated carbocycles. The van der Waals surface area contributed by atoms with Crippen molar-refractivity contribution in [1.29, 1.82) is 0 Å². The van der Waals surface area contributed by atoms with Crippen LogP contribution in [0, 0.1) is 11.6 Å². The number of hydrogen-bond donors (Lipinski definition) is 2. The van der Waals surface area contributed by atoms with Crippen LogP contribution in [-0.2, 0) is 14.3 Å². The molecule has 1 atom stereocenters. The number of esters is 1. The van der Waals surface area contributed by atoms with E-state index in [1.54, 1.807) is 6.92 Å². The Morgan fingerprint density at radius 3 is 2.61 bits per heavy atom. The van der Waals surface area contributed by atoms with E-state index in [0.717, 1.165) is 18.2 Å². The summed E-state index contributed by atoms with van der Waals surface area (Å²) in [6.07, 6.45) is 0. The number of amides is 1. The lowest BCUT2D eigenvalue weighted by Crippen LogP contribution is -2.43. The lowest BCUT2D eigenvalue weighted by Gasteiger charge is -2.11. The van der Waals surface area contributed by atoms with E-state index in [9.17, 15) is 18.4 Å². The van der Waals surface area contributed by atoms with Gasteiger partial charge in [0.05, 0.1) is 6.61 Å². The molecule has 18 heavy (non-hydrogen) atoms. The summed E-state index contributed by atoms with van der Waals surface area (Å²) in [5, 5.41) is 2.18. The van der Waals surface area contributed by atoms with Crippen molar-refractivity contribution in [3.8, 4) is 0 Å². The molecule has 0 radical (unpaired) electrons. The minimum atomic E-state index is -1.52. The zero-order chi connectivity index (χ0) is 13.7. The van der Waals surface area contributed by atoms with Gasteiger partial charge in [-0.3, -0.25) is 4.79 Å². The molecular weight excluding hydrogens is 246 g/mol. The molecule has 1 rings (SSSR count). The van der Waals surface area contributed by atoms with Crippen molar-refractivity contribution in [3.63, 3.8) is 0 Å². The van der Waals surface area contributed by atoms with E-state index >= 15 is 0 Å². The molecule has 1 aromatic carbocycles. The molecule has 0 bridgehead atoms. The number of carbonyl (C=O) groups is 2. The largest absolute Gasteiger partial charge is 0.464 e. The monoisotopic (exact) mass is 258 g/mol. The molecule has 3 N–H and O–H groups in total. The van der Waals surface area contributed by atoms with Gasteiger partial charge in [-0.05, 0) is 19.1 Å². The van der Waals surface area contributed by atoms with Gasteiger partial charge in [0, 0.05) is 11.8 Å². The number of nitrogens with one attached hydrogen (secondary N) is 1. The Morgan fingerprint density at radius 2 is 2.06 bits per heavy atom. The number of hydrogen-bond acceptors (Lipinski definition) is 4. The number of nitrogens with two attached hydrogens (primary N) is 1. The zero-order valence-corrected chi connectivity index (χ0v) is 9.57. The number of rotatable bonds is 4. The van der Waals surface area contributed by atoms with E-state index in [4.69, 9.17) is 5.73 Å². The van der Waals surface area contributed by atoms with E-state index in [2.05, 4.69) is 10.1 Å². The molecular formula is C11H12F2N2O3. The Morgan fingerprint density at radius 1 is 1.39 bits per heavy atom. The Hall–Kier alpha value is -2.02. The molecule has 1 amide bonds. The maximum atomic E-state index is 12.9. The fraction of sp³-hybridized carbons (Fsp3) is 0.273. The van der Waals surface area contributed by atoms with Crippen LogP contribution in [0.2, 0.25) is 0 Å². The van der Waals surface area contributed by atoms with Gasteiger partial charge in [-0.2, -0.15) is 0 Å². The van der Waals surface area contributed by atoms with E-state index < -0.39 is 29.6 Å². The van der Waals surface area contributed by atoms with Gasteiger partial charge in [0.25, 0.3) is 5.91 Å². The Bertz CT molecular complexity index is 466. The van der Waals surface area contributed by atoms with Crippen molar-refractivity contribution < 1.29 is 23.1 Å². The van der Waals surface area contributed by atoms with Gasteiger partial charge in [-0.25, -0.2) is 13.6 Å². The van der Waals surface area contributed by atoms with Crippen molar-refractivity contribution >= 4 is 17.6 Å². The molecule has 0 aliphatic heterocycles. The maximum absolute atomic E-state index is 12.9. The summed E-state index contributed by atoms with van der Waals surface area (Å²) in [6, 6.07) is 1.26. The number of halogens is 2. The number of anilines is 1. The third-order valence-corrected chi connectivity index (χ3v) is 2.01. The third kappa shape index (κ3) is 3.49. The maximum Gasteiger partial charge on any atom is 0.332 e. The molecule has 0 saturated heterocycles. The quantitative estimate of drug-likeness (QED) is 0.618. The first kappa shape index (κ1) is 14.0. The first-order valence-corrected chi connectivity index (χ1v) is 5.13. The van der Waals surface area contributed by atoms with Crippen LogP contribution in [-0.4, -0.2) is 24.5 Å². The first-order valence-electron chi connectivity index (χ1n) is 5.13. The van der Waals surface area contributed by atoms with Crippen molar-refractivity contribution in [1.82, 2.24) is 0 Å². The number of carbonyl (C=O) groups excluding carboxylic acids is 2. The highest BCUT2D eigenvalue weighted by atomic mass is 19.2. The highest BCUT2D eigenvalue weighted by Gasteiger charge is 2.23. The number of ether oxygens (including phenoxy) is 1. The second-order valence-electron chi connectivity index (χ2n) is 3.35. The van der Waals surface area contributed by atoms with Crippen LogP contribution >= 0.6 is 0 Å². The highest BCUT2D eigenvalue weighted by molar-refractivity contribution is 6.08. The average molecular weight is 258 g/mol. The number of benzene rings is 1. The minimum Gasteiger partial charge on any atom is -0.464 e. The Labute approximate surface area is 102 Å². The third-order valence-electron chi connectivity index (χ3n) is 2.01. The van der Waals surface area contributed by atoms with Gasteiger partial charge in [0.1, 0.15) is 0 Å². The van der Waals surface area contributed by atoms with Gasteiger partial charge in [-0.1, -0.05) is 0 Å². The van der Waals surface area contributed by atoms with E-state index in [1.165, 1.54) is 0 Å². The molecule has 0 fully saturated rings. The average Bonchev–Trinajstić information content (AvgIpc) is 2.33. The van der Waals surface area contributed by atoms with Crippen LogP contribution in [0.5, 0.6) is 0 Å². The fourth-order valence-corrected chi connectivity index (χ4v) is 1.13. The van der Waals surface area contributed by atoms with Crippen LogP contribution in [0.4, 0.5) is 14.5 Å². The van der Waals surface area contributed by atoms with Crippen molar-refractivity contribution in [2.75, 3.05) is 11.9 Å². The molecule has 0 aliphatic rings. The van der Waals surface area contributed by atoms with E-state index in [0.29, 0.717) is 0 Å². The second-order valence-corrected chi connectivity index (χ2v) is 3.35. The molecule has 7 heteroatoms. The van der Waals surface area contributed by atoms with Crippen molar-refractivity contribution in [2.45, 2.75) is 13.0 Å². The summed E-state index contributed by atoms with van der Waals surface area (Å²) in [6.45, 7) is 1.66. The molecule has 1 unspecified atom stereocenters. The minimum absolute atomic E-state index is 0.00125. The van der Waals surface area contributed by atoms with Crippen LogP contribution in [0.15, 0.2) is 18.2 Å². The van der Waals surface area contributed by atoms with Crippen LogP contribution in [0.1, 0.15) is 6.92 Å². The van der Waals surface area contributed by atoms with Crippen LogP contribution < -0.4 is 11.1 Å². The smallest absolute Gasteiger partial charge is 0.332 e. The Kier molecular flexibility index (Phi) is 4.73. The summed E-state index contributed by atoms with van der Waals surface area (Å²) in [4.78, 5) is 22.6. The summed E-state index contributed by atoms with van der Waals surface area (Å²) in [7, 11) is 0. The topological polar surface area (TPSA) is 81.4 Å². The lowest BCUT2D eigenvalue weighted by molar-refractivity contribution is -0.146. The predicted octanol–water partition coefficient (Wildman–Crippen LogP) is 0.794. The van der Waals surface area contributed by atoms with Gasteiger partial charge < -0.3 is 15.8 Å². The molecule has 0 aromatic heterocycles. The van der Waals surface area contributed by atoms with Crippen molar-refractivity contribution in [2.24, 2.45) is 5.73 Å². The second kappa shape index (κ2) is 6.06. The first-order chi connectivity index (χ1) is 8.45. The van der Waals surface area contributed by atoms with Crippen LogP contribution in [0.3, 0.4) is 0 Å². The molecule has 0 spiro atoms. The van der Waals surface area contributed by atoms with E-state index in [-0.39, 0.29) is 12.3 Å². The molecule has 5 nitrogen and oxygen atoms in total. The molecule has 0 aliphatic carbocycles. The van der Waals surface area contributed by atoms with Gasteiger partial charge >= 0.3 is 5.97 Å². The van der Waals surface area contributed by atoms with Crippen LogP contribution in [0.25, 0.3) is 0 Å². The molecule has 1 aromatic rings. The normalized spacial score (nSPS) is 11.8. The molecule has 98 valence electrons. The SMILES string of the molecule is CCOC(=O)C(N)C(=O)Nc1ccc(F)c(F)c1.